The maximum atomic E-state index is 14.5. The van der Waals surface area contributed by atoms with Gasteiger partial charge >= 0.3 is 6.03 Å². The lowest BCUT2D eigenvalue weighted by Gasteiger charge is -2.31. The molecule has 0 aliphatic heterocycles. The average Bonchev–Trinajstić information content (AvgIpc) is 3.13. The molecule has 0 aromatic carbocycles. The average molecular weight is 432 g/mol. The molecule has 2 amide bonds. The second kappa shape index (κ2) is 8.43. The van der Waals surface area contributed by atoms with Crippen molar-refractivity contribution in [3.05, 3.63) is 35.5 Å². The van der Waals surface area contributed by atoms with Crippen LogP contribution in [0.2, 0.25) is 5.02 Å². The topological polar surface area (TPSA) is 98.8 Å². The molecule has 30 heavy (non-hydrogen) atoms. The van der Waals surface area contributed by atoms with E-state index >= 15 is 0 Å². The van der Waals surface area contributed by atoms with Gasteiger partial charge in [0.05, 0.1) is 11.2 Å². The van der Waals surface area contributed by atoms with Gasteiger partial charge in [-0.05, 0) is 31.7 Å². The number of pyridine rings is 1. The minimum absolute atomic E-state index is 0.00235. The first kappa shape index (κ1) is 20.3. The second-order valence-corrected chi connectivity index (χ2v) is 8.13. The fourth-order valence-electron chi connectivity index (χ4n) is 3.71. The standard InChI is InChI=1S/C20H23ClFN7O/c1-29(2)20(30)27-13-5-3-4-12(7-13)26-19-16(22)10-25-18(28-19)15-9-24-17-14(15)6-11(21)8-23-17/h6,8-10,12-13H,3-5,7H2,1-2H3,(H,23,24)(H,27,30)(H,25,26,28)/t12-,13-/m0/s1. The maximum Gasteiger partial charge on any atom is 0.317 e. The lowest BCUT2D eigenvalue weighted by atomic mass is 9.91. The van der Waals surface area contributed by atoms with Gasteiger partial charge in [0.2, 0.25) is 0 Å². The van der Waals surface area contributed by atoms with Crippen LogP contribution in [-0.2, 0) is 0 Å². The predicted octanol–water partition coefficient (Wildman–Crippen LogP) is 3.81. The largest absolute Gasteiger partial charge is 0.365 e. The minimum Gasteiger partial charge on any atom is -0.365 e. The third kappa shape index (κ3) is 4.30. The van der Waals surface area contributed by atoms with Crippen LogP contribution in [-0.4, -0.2) is 57.0 Å². The molecule has 1 aliphatic rings. The molecule has 0 saturated heterocycles. The highest BCUT2D eigenvalue weighted by Crippen LogP contribution is 2.29. The van der Waals surface area contributed by atoms with Gasteiger partial charge in [0, 0.05) is 49.5 Å². The van der Waals surface area contributed by atoms with Crippen LogP contribution in [0.15, 0.2) is 24.7 Å². The predicted molar refractivity (Wildman–Crippen MR) is 114 cm³/mol. The molecular formula is C20H23ClFN7O. The van der Waals surface area contributed by atoms with Crippen molar-refractivity contribution in [3.63, 3.8) is 0 Å². The molecule has 3 N–H and O–H groups in total. The Hall–Kier alpha value is -2.94. The Balaban J connectivity index is 1.53. The molecule has 3 aromatic heterocycles. The van der Waals surface area contributed by atoms with Crippen molar-refractivity contribution < 1.29 is 9.18 Å². The van der Waals surface area contributed by atoms with E-state index in [1.807, 2.05) is 0 Å². The van der Waals surface area contributed by atoms with Crippen LogP contribution in [0, 0.1) is 5.82 Å². The summed E-state index contributed by atoms with van der Waals surface area (Å²) in [6.07, 6.45) is 7.86. The summed E-state index contributed by atoms with van der Waals surface area (Å²) in [7, 11) is 3.41. The number of aromatic nitrogens is 4. The molecule has 0 spiro atoms. The van der Waals surface area contributed by atoms with Crippen molar-refractivity contribution in [1.82, 2.24) is 30.2 Å². The van der Waals surface area contributed by atoms with Crippen LogP contribution < -0.4 is 10.6 Å². The van der Waals surface area contributed by atoms with Gasteiger partial charge in [-0.15, -0.1) is 0 Å². The van der Waals surface area contributed by atoms with Gasteiger partial charge in [0.1, 0.15) is 5.65 Å². The van der Waals surface area contributed by atoms with Gasteiger partial charge in [-0.1, -0.05) is 11.6 Å². The number of carbonyl (C=O) groups excluding carboxylic acids is 1. The summed E-state index contributed by atoms with van der Waals surface area (Å²) in [5.74, 6) is 0.00519. The van der Waals surface area contributed by atoms with E-state index < -0.39 is 5.82 Å². The number of amides is 2. The molecule has 2 atom stereocenters. The van der Waals surface area contributed by atoms with Crippen molar-refractivity contribution in [2.75, 3.05) is 19.4 Å². The summed E-state index contributed by atoms with van der Waals surface area (Å²) in [4.78, 5) is 29.3. The third-order valence-corrected chi connectivity index (χ3v) is 5.44. The van der Waals surface area contributed by atoms with Crippen LogP contribution in [0.5, 0.6) is 0 Å². The highest BCUT2D eigenvalue weighted by atomic mass is 35.5. The zero-order valence-electron chi connectivity index (χ0n) is 16.7. The second-order valence-electron chi connectivity index (χ2n) is 7.69. The molecule has 0 radical (unpaired) electrons. The number of carbonyl (C=O) groups is 1. The first-order valence-electron chi connectivity index (χ1n) is 9.80. The number of nitrogens with zero attached hydrogens (tertiary/aromatic N) is 4. The van der Waals surface area contributed by atoms with Gasteiger partial charge in [-0.2, -0.15) is 0 Å². The smallest absolute Gasteiger partial charge is 0.317 e. The Labute approximate surface area is 178 Å². The zero-order chi connectivity index (χ0) is 21.3. The van der Waals surface area contributed by atoms with Crippen LogP contribution in [0.4, 0.5) is 15.0 Å². The summed E-state index contributed by atoms with van der Waals surface area (Å²) < 4.78 is 14.5. The number of hydrogen-bond donors (Lipinski definition) is 3. The van der Waals surface area contributed by atoms with Crippen molar-refractivity contribution in [1.29, 1.82) is 0 Å². The molecule has 1 aliphatic carbocycles. The first-order valence-corrected chi connectivity index (χ1v) is 10.2. The van der Waals surface area contributed by atoms with E-state index in [4.69, 9.17) is 11.6 Å². The minimum atomic E-state index is -0.519. The van der Waals surface area contributed by atoms with Crippen molar-refractivity contribution in [2.45, 2.75) is 37.8 Å². The number of H-pyrrole nitrogens is 1. The monoisotopic (exact) mass is 431 g/mol. The first-order chi connectivity index (χ1) is 14.4. The Bertz CT molecular complexity index is 1070. The van der Waals surface area contributed by atoms with Crippen molar-refractivity contribution >= 4 is 34.5 Å². The van der Waals surface area contributed by atoms with Crippen molar-refractivity contribution in [3.8, 4) is 11.4 Å². The summed E-state index contributed by atoms with van der Waals surface area (Å²) in [5.41, 5.74) is 1.35. The van der Waals surface area contributed by atoms with E-state index in [-0.39, 0.29) is 23.9 Å². The van der Waals surface area contributed by atoms with Crippen LogP contribution in [0.1, 0.15) is 25.7 Å². The van der Waals surface area contributed by atoms with E-state index in [2.05, 4.69) is 30.6 Å². The Morgan fingerprint density at radius 2 is 2.07 bits per heavy atom. The number of nitrogens with one attached hydrogen (secondary N) is 3. The van der Waals surface area contributed by atoms with Gasteiger partial charge in [0.15, 0.2) is 17.5 Å². The van der Waals surface area contributed by atoms with Gasteiger partial charge < -0.3 is 20.5 Å². The molecule has 0 unspecified atom stereocenters. The number of fused-ring (bicyclic) bond motifs is 1. The van der Waals surface area contributed by atoms with Crippen LogP contribution >= 0.6 is 11.6 Å². The van der Waals surface area contributed by atoms with Gasteiger partial charge in [-0.3, -0.25) is 0 Å². The molecule has 4 rings (SSSR count). The number of urea groups is 1. The lowest BCUT2D eigenvalue weighted by molar-refractivity contribution is 0.208. The number of rotatable bonds is 4. The fraction of sp³-hybridized carbons (Fsp3) is 0.400. The molecule has 3 aromatic rings. The molecule has 3 heterocycles. The van der Waals surface area contributed by atoms with Gasteiger partial charge in [-0.25, -0.2) is 24.1 Å². The molecule has 1 saturated carbocycles. The Morgan fingerprint density at radius 1 is 1.27 bits per heavy atom. The van der Waals surface area contributed by atoms with E-state index in [0.29, 0.717) is 28.5 Å². The quantitative estimate of drug-likeness (QED) is 0.583. The summed E-state index contributed by atoms with van der Waals surface area (Å²) in [6, 6.07) is 1.69. The summed E-state index contributed by atoms with van der Waals surface area (Å²) in [5, 5.41) is 7.47. The van der Waals surface area contributed by atoms with E-state index in [1.54, 1.807) is 32.6 Å². The van der Waals surface area contributed by atoms with Crippen LogP contribution in [0.25, 0.3) is 22.4 Å². The Morgan fingerprint density at radius 3 is 2.87 bits per heavy atom. The highest BCUT2D eigenvalue weighted by molar-refractivity contribution is 6.31. The number of halogens is 2. The highest BCUT2D eigenvalue weighted by Gasteiger charge is 2.25. The fourth-order valence-corrected chi connectivity index (χ4v) is 3.87. The molecule has 0 bridgehead atoms. The maximum absolute atomic E-state index is 14.5. The van der Waals surface area contributed by atoms with E-state index in [1.165, 1.54) is 4.90 Å². The molecular weight excluding hydrogens is 409 g/mol. The number of aromatic amines is 1. The van der Waals surface area contributed by atoms with E-state index in [0.717, 1.165) is 30.8 Å². The summed E-state index contributed by atoms with van der Waals surface area (Å²) >= 11 is 6.07. The van der Waals surface area contributed by atoms with Crippen molar-refractivity contribution in [2.24, 2.45) is 0 Å². The van der Waals surface area contributed by atoms with E-state index in [9.17, 15) is 9.18 Å². The third-order valence-electron chi connectivity index (χ3n) is 5.23. The van der Waals surface area contributed by atoms with Gasteiger partial charge in [0.25, 0.3) is 0 Å². The molecule has 158 valence electrons. The normalized spacial score (nSPS) is 18.9. The summed E-state index contributed by atoms with van der Waals surface area (Å²) in [6.45, 7) is 0. The lowest BCUT2D eigenvalue weighted by Crippen LogP contribution is -2.45. The van der Waals surface area contributed by atoms with Crippen LogP contribution in [0.3, 0.4) is 0 Å². The zero-order valence-corrected chi connectivity index (χ0v) is 17.5. The molecule has 10 heteroatoms. The Kier molecular flexibility index (Phi) is 5.72. The number of hydrogen-bond acceptors (Lipinski definition) is 5. The molecule has 8 nitrogen and oxygen atoms in total. The molecule has 1 fully saturated rings. The SMILES string of the molecule is CN(C)C(=O)N[C@H]1CCC[C@H](Nc2nc(-c3c[nH]c4ncc(Cl)cc34)ncc2F)C1. The number of anilines is 1.